The van der Waals surface area contributed by atoms with Crippen molar-refractivity contribution >= 4 is 27.0 Å². The van der Waals surface area contributed by atoms with Gasteiger partial charge in [-0.15, -0.1) is 0 Å². The lowest BCUT2D eigenvalue weighted by Crippen LogP contribution is -2.17. The third kappa shape index (κ3) is 5.08. The zero-order valence-corrected chi connectivity index (χ0v) is 20.1. The van der Waals surface area contributed by atoms with Crippen LogP contribution in [0.15, 0.2) is 45.8 Å². The fourth-order valence-electron chi connectivity index (χ4n) is 3.68. The fraction of sp³-hybridized carbons (Fsp3) is 0.217. The summed E-state index contributed by atoms with van der Waals surface area (Å²) in [5, 5.41) is 0. The molecule has 2 unspecified atom stereocenters. The predicted molar refractivity (Wildman–Crippen MR) is 115 cm³/mol. The van der Waals surface area contributed by atoms with E-state index in [2.05, 4.69) is 20.1 Å². The SMILES string of the molecule is O=S(Oc1c(F)c(F)c(F)c(F)c1F)c1ccc2c(c1)CCCC2Oc1ccc(C(F)(F)F)cc1Br. The molecule has 0 saturated heterocycles. The minimum atomic E-state index is -4.52. The lowest BCUT2D eigenvalue weighted by molar-refractivity contribution is -0.137. The van der Waals surface area contributed by atoms with Gasteiger partial charge in [-0.05, 0) is 76.7 Å². The highest BCUT2D eigenvalue weighted by molar-refractivity contribution is 9.10. The van der Waals surface area contributed by atoms with Crippen molar-refractivity contribution in [1.29, 1.82) is 0 Å². The van der Waals surface area contributed by atoms with E-state index >= 15 is 0 Å². The summed E-state index contributed by atoms with van der Waals surface area (Å²) in [6, 6.07) is 7.10. The maximum absolute atomic E-state index is 13.9. The first-order valence-electron chi connectivity index (χ1n) is 10.2. The van der Waals surface area contributed by atoms with E-state index in [0.29, 0.717) is 30.4 Å². The van der Waals surface area contributed by atoms with E-state index in [9.17, 15) is 39.3 Å². The quantitative estimate of drug-likeness (QED) is 0.171. The Balaban J connectivity index is 1.57. The maximum Gasteiger partial charge on any atom is 0.416 e. The molecule has 0 N–H and O–H groups in total. The van der Waals surface area contributed by atoms with Gasteiger partial charge < -0.3 is 8.92 Å². The van der Waals surface area contributed by atoms with E-state index in [1.54, 1.807) is 0 Å². The highest BCUT2D eigenvalue weighted by Gasteiger charge is 2.32. The number of ether oxygens (including phenoxy) is 1. The van der Waals surface area contributed by atoms with Gasteiger partial charge in [0.1, 0.15) is 11.9 Å². The van der Waals surface area contributed by atoms with Crippen molar-refractivity contribution in [3.05, 3.63) is 86.6 Å². The molecule has 2 atom stereocenters. The Kier molecular flexibility index (Phi) is 7.33. The van der Waals surface area contributed by atoms with Crippen molar-refractivity contribution < 1.29 is 48.3 Å². The molecule has 0 heterocycles. The van der Waals surface area contributed by atoms with Crippen LogP contribution in [-0.4, -0.2) is 4.21 Å². The number of halogens is 9. The van der Waals surface area contributed by atoms with Crippen LogP contribution in [0, 0.1) is 29.1 Å². The van der Waals surface area contributed by atoms with Gasteiger partial charge in [0, 0.05) is 0 Å². The zero-order chi connectivity index (χ0) is 26.4. The minimum absolute atomic E-state index is 0.0957. The smallest absolute Gasteiger partial charge is 0.416 e. The van der Waals surface area contributed by atoms with Crippen molar-refractivity contribution in [3.63, 3.8) is 0 Å². The van der Waals surface area contributed by atoms with Gasteiger partial charge in [0.25, 0.3) is 0 Å². The second kappa shape index (κ2) is 10.0. The lowest BCUT2D eigenvalue weighted by Gasteiger charge is -2.27. The maximum atomic E-state index is 13.9. The molecule has 0 aliphatic heterocycles. The molecular formula is C23H13BrF8O3S. The standard InChI is InChI=1S/C23H13BrF8O3S/c24-14-9-11(23(30,31)32)4-7-16(14)34-15-3-1-2-10-8-12(5-6-13(10)15)36(33)35-22-20(28)18(26)17(25)19(27)21(22)29/h4-9,15H,1-3H2. The Labute approximate surface area is 209 Å². The number of alkyl halides is 3. The molecule has 4 rings (SSSR count). The monoisotopic (exact) mass is 600 g/mol. The molecule has 0 saturated carbocycles. The van der Waals surface area contributed by atoms with Gasteiger partial charge in [-0.2, -0.15) is 22.0 Å². The summed E-state index contributed by atoms with van der Waals surface area (Å²) in [6.07, 6.45) is -3.50. The fourth-order valence-corrected chi connectivity index (χ4v) is 4.96. The van der Waals surface area contributed by atoms with Crippen LogP contribution in [0.1, 0.15) is 35.6 Å². The van der Waals surface area contributed by atoms with Crippen LogP contribution < -0.4 is 8.92 Å². The van der Waals surface area contributed by atoms with Crippen molar-refractivity contribution in [2.45, 2.75) is 36.4 Å². The molecule has 0 amide bonds. The highest BCUT2D eigenvalue weighted by Crippen LogP contribution is 2.40. The molecule has 3 nitrogen and oxygen atoms in total. The summed E-state index contributed by atoms with van der Waals surface area (Å²) in [4.78, 5) is -0.103. The number of benzene rings is 3. The summed E-state index contributed by atoms with van der Waals surface area (Å²) in [6.45, 7) is 0. The van der Waals surface area contributed by atoms with Crippen LogP contribution in [0.5, 0.6) is 11.5 Å². The first-order valence-corrected chi connectivity index (χ1v) is 12.0. The second-order valence-electron chi connectivity index (χ2n) is 7.72. The van der Waals surface area contributed by atoms with Crippen LogP contribution in [0.2, 0.25) is 0 Å². The highest BCUT2D eigenvalue weighted by atomic mass is 79.9. The topological polar surface area (TPSA) is 35.5 Å². The summed E-state index contributed by atoms with van der Waals surface area (Å²) in [5.41, 5.74) is 0.387. The second-order valence-corrected chi connectivity index (χ2v) is 9.68. The molecule has 1 aliphatic carbocycles. The van der Waals surface area contributed by atoms with Gasteiger partial charge in [-0.3, -0.25) is 0 Å². The van der Waals surface area contributed by atoms with Crippen LogP contribution in [0.4, 0.5) is 35.1 Å². The van der Waals surface area contributed by atoms with Gasteiger partial charge in [0.05, 0.1) is 14.9 Å². The Hall–Kier alpha value is -2.67. The van der Waals surface area contributed by atoms with Crippen molar-refractivity contribution in [1.82, 2.24) is 0 Å². The van der Waals surface area contributed by atoms with Gasteiger partial charge in [-0.1, -0.05) is 6.07 Å². The summed E-state index contributed by atoms with van der Waals surface area (Å²) in [7, 11) is 0. The summed E-state index contributed by atoms with van der Waals surface area (Å²) in [5.74, 6) is -12.9. The molecule has 192 valence electrons. The normalized spacial score (nSPS) is 16.4. The van der Waals surface area contributed by atoms with Gasteiger partial charge in [-0.25, -0.2) is 17.4 Å². The zero-order valence-electron chi connectivity index (χ0n) is 17.7. The number of hydrogen-bond donors (Lipinski definition) is 0. The summed E-state index contributed by atoms with van der Waals surface area (Å²) < 4.78 is 130. The van der Waals surface area contributed by atoms with Crippen molar-refractivity contribution in [2.24, 2.45) is 0 Å². The van der Waals surface area contributed by atoms with Crippen LogP contribution in [0.25, 0.3) is 0 Å². The van der Waals surface area contributed by atoms with E-state index in [4.69, 9.17) is 4.74 Å². The first kappa shape index (κ1) is 26.4. The molecule has 0 bridgehead atoms. The Morgan fingerprint density at radius 2 is 1.53 bits per heavy atom. The molecule has 0 aromatic heterocycles. The molecule has 3 aromatic rings. The van der Waals surface area contributed by atoms with Crippen LogP contribution in [-0.2, 0) is 23.7 Å². The molecule has 1 aliphatic rings. The first-order chi connectivity index (χ1) is 16.9. The van der Waals surface area contributed by atoms with Crippen molar-refractivity contribution in [2.75, 3.05) is 0 Å². The Morgan fingerprint density at radius 1 is 0.889 bits per heavy atom. The predicted octanol–water partition coefficient (Wildman–Crippen LogP) is 7.72. The van der Waals surface area contributed by atoms with Crippen molar-refractivity contribution in [3.8, 4) is 11.5 Å². The Morgan fingerprint density at radius 3 is 2.14 bits per heavy atom. The molecule has 0 fully saturated rings. The Bertz CT molecular complexity index is 1330. The number of hydrogen-bond acceptors (Lipinski definition) is 3. The minimum Gasteiger partial charge on any atom is -0.485 e. The molecule has 0 radical (unpaired) electrons. The van der Waals surface area contributed by atoms with E-state index in [1.807, 2.05) is 0 Å². The van der Waals surface area contributed by atoms with Gasteiger partial charge >= 0.3 is 6.18 Å². The number of fused-ring (bicyclic) bond motifs is 1. The molecule has 13 heteroatoms. The lowest BCUT2D eigenvalue weighted by atomic mass is 9.89. The third-order valence-electron chi connectivity index (χ3n) is 5.42. The number of aryl methyl sites for hydroxylation is 1. The molecular weight excluding hydrogens is 588 g/mol. The molecule has 0 spiro atoms. The molecule has 3 aromatic carbocycles. The average Bonchev–Trinajstić information content (AvgIpc) is 2.84. The van der Waals surface area contributed by atoms with Gasteiger partial charge in [0.2, 0.25) is 45.9 Å². The van der Waals surface area contributed by atoms with E-state index in [1.165, 1.54) is 24.3 Å². The third-order valence-corrected chi connectivity index (χ3v) is 7.00. The van der Waals surface area contributed by atoms with E-state index in [-0.39, 0.29) is 15.1 Å². The van der Waals surface area contributed by atoms with Crippen LogP contribution >= 0.6 is 15.9 Å². The van der Waals surface area contributed by atoms with Gasteiger partial charge in [0.15, 0.2) is 0 Å². The average molecular weight is 601 g/mol. The van der Waals surface area contributed by atoms with E-state index in [0.717, 1.165) is 12.1 Å². The van der Waals surface area contributed by atoms with Crippen LogP contribution in [0.3, 0.4) is 0 Å². The number of rotatable bonds is 5. The largest absolute Gasteiger partial charge is 0.485 e. The van der Waals surface area contributed by atoms with E-state index < -0.39 is 63.8 Å². The molecule has 36 heavy (non-hydrogen) atoms. The summed E-state index contributed by atoms with van der Waals surface area (Å²) >= 11 is 0.444.